The van der Waals surface area contributed by atoms with Crippen molar-refractivity contribution in [3.05, 3.63) is 66.0 Å². The lowest BCUT2D eigenvalue weighted by molar-refractivity contribution is 0.0809. The molecule has 10 heteroatoms. The van der Waals surface area contributed by atoms with Crippen molar-refractivity contribution >= 4 is 29.5 Å². The standard InChI is InChI=1S/C30H45F2NO4S2Si/c1-28(2,3)38(34)33-26(27(32)39(35,36)25-12-10-9-11-13-25)30(22-14-16-23(31)17-15-22)20-18-24(19-21-30)37-40(7,8)29(4,5)6/h9-17,24,26-27,33H,18-21H2,1-8H3/t24-,26?,27?,30+,38?. The van der Waals surface area contributed by atoms with Gasteiger partial charge in [0.2, 0.25) is 15.3 Å². The summed E-state index contributed by atoms with van der Waals surface area (Å²) in [5.74, 6) is -0.440. The van der Waals surface area contributed by atoms with E-state index in [1.54, 1.807) is 51.1 Å². The fraction of sp³-hybridized carbons (Fsp3) is 0.600. The molecule has 3 unspecified atom stereocenters. The number of benzene rings is 2. The fourth-order valence-electron chi connectivity index (χ4n) is 5.01. The molecule has 5 nitrogen and oxygen atoms in total. The van der Waals surface area contributed by atoms with E-state index >= 15 is 4.39 Å². The largest absolute Gasteiger partial charge is 0.598 e. The van der Waals surface area contributed by atoms with Crippen LogP contribution in [0.25, 0.3) is 0 Å². The Kier molecular flexibility index (Phi) is 10.1. The normalized spacial score (nSPS) is 23.4. The summed E-state index contributed by atoms with van der Waals surface area (Å²) >= 11 is -1.77. The maximum Gasteiger partial charge on any atom is 0.225 e. The number of halogens is 2. The molecule has 224 valence electrons. The quantitative estimate of drug-likeness (QED) is 0.239. The van der Waals surface area contributed by atoms with Crippen molar-refractivity contribution in [1.82, 2.24) is 4.72 Å². The highest BCUT2D eigenvalue weighted by molar-refractivity contribution is 7.92. The molecule has 3 atom stereocenters. The molecule has 40 heavy (non-hydrogen) atoms. The molecule has 2 aromatic rings. The Labute approximate surface area is 243 Å². The highest BCUT2D eigenvalue weighted by Gasteiger charge is 2.54. The molecule has 0 bridgehead atoms. The predicted molar refractivity (Wildman–Crippen MR) is 162 cm³/mol. The number of alkyl halides is 1. The van der Waals surface area contributed by atoms with Crippen molar-refractivity contribution < 1.29 is 26.2 Å². The van der Waals surface area contributed by atoms with E-state index in [1.165, 1.54) is 24.3 Å². The molecule has 0 aliphatic heterocycles. The zero-order valence-corrected chi connectivity index (χ0v) is 27.6. The van der Waals surface area contributed by atoms with Crippen LogP contribution in [0.3, 0.4) is 0 Å². The topological polar surface area (TPSA) is 78.5 Å². The first-order valence-corrected chi connectivity index (χ1v) is 19.5. The number of rotatable bonds is 9. The van der Waals surface area contributed by atoms with Gasteiger partial charge in [0.05, 0.1) is 4.90 Å². The predicted octanol–water partition coefficient (Wildman–Crippen LogP) is 7.22. The van der Waals surface area contributed by atoms with Crippen molar-refractivity contribution in [2.24, 2.45) is 0 Å². The van der Waals surface area contributed by atoms with E-state index in [-0.39, 0.29) is 16.0 Å². The summed E-state index contributed by atoms with van der Waals surface area (Å²) in [6, 6.07) is 12.0. The van der Waals surface area contributed by atoms with Gasteiger partial charge in [0.15, 0.2) is 8.32 Å². The number of nitrogens with one attached hydrogen (secondary N) is 1. The van der Waals surface area contributed by atoms with Crippen molar-refractivity contribution in [1.29, 1.82) is 0 Å². The van der Waals surface area contributed by atoms with Gasteiger partial charge in [-0.1, -0.05) is 51.1 Å². The Morgan fingerprint density at radius 3 is 2.00 bits per heavy atom. The Morgan fingerprint density at radius 1 is 1.00 bits per heavy atom. The van der Waals surface area contributed by atoms with E-state index < -0.39 is 57.0 Å². The zero-order chi connectivity index (χ0) is 30.1. The maximum atomic E-state index is 16.7. The molecule has 1 saturated carbocycles. The van der Waals surface area contributed by atoms with Crippen LogP contribution in [0.2, 0.25) is 18.1 Å². The summed E-state index contributed by atoms with van der Waals surface area (Å²) in [5, 5.41) is 0.0139. The first-order valence-electron chi connectivity index (χ1n) is 13.9. The summed E-state index contributed by atoms with van der Waals surface area (Å²) < 4.78 is 80.3. The molecule has 0 saturated heterocycles. The average molecular weight is 614 g/mol. The molecule has 1 N–H and O–H groups in total. The van der Waals surface area contributed by atoms with Gasteiger partial charge in [0, 0.05) is 22.9 Å². The minimum absolute atomic E-state index is 0.0139. The molecule has 0 radical (unpaired) electrons. The van der Waals surface area contributed by atoms with Crippen LogP contribution in [0, 0.1) is 5.82 Å². The van der Waals surface area contributed by atoms with Crippen LogP contribution in [-0.2, 0) is 31.0 Å². The molecule has 1 aliphatic carbocycles. The van der Waals surface area contributed by atoms with E-state index in [0.29, 0.717) is 31.2 Å². The third kappa shape index (κ3) is 7.18. The first kappa shape index (κ1) is 33.2. The molecule has 1 aliphatic rings. The van der Waals surface area contributed by atoms with Crippen molar-refractivity contribution in [3.63, 3.8) is 0 Å². The Morgan fingerprint density at radius 2 is 1.52 bits per heavy atom. The summed E-state index contributed by atoms with van der Waals surface area (Å²) in [6.45, 7) is 16.2. The number of hydrogen-bond donors (Lipinski definition) is 1. The SMILES string of the molecule is CC(C)(C)[S+]([O-])NC(C(F)S(=O)(=O)c1ccccc1)[C@]1(c2ccc(F)cc2)CC[C@H](O[Si](C)(C)C(C)(C)C)CC1. The van der Waals surface area contributed by atoms with Crippen molar-refractivity contribution in [2.75, 3.05) is 0 Å². The molecule has 2 aromatic carbocycles. The molecular formula is C30H45F2NO4S2Si. The highest BCUT2D eigenvalue weighted by atomic mass is 32.2. The van der Waals surface area contributed by atoms with E-state index in [9.17, 15) is 17.4 Å². The molecule has 1 fully saturated rings. The Bertz CT molecular complexity index is 1220. The van der Waals surface area contributed by atoms with Crippen LogP contribution in [0.1, 0.15) is 72.8 Å². The van der Waals surface area contributed by atoms with Crippen LogP contribution in [-0.4, -0.2) is 43.7 Å². The van der Waals surface area contributed by atoms with Crippen LogP contribution >= 0.6 is 0 Å². The third-order valence-electron chi connectivity index (χ3n) is 8.53. The highest BCUT2D eigenvalue weighted by Crippen LogP contribution is 2.48. The van der Waals surface area contributed by atoms with Gasteiger partial charge in [-0.2, -0.15) is 0 Å². The molecule has 0 spiro atoms. The Balaban J connectivity index is 2.10. The minimum atomic E-state index is -4.46. The van der Waals surface area contributed by atoms with Gasteiger partial charge in [-0.15, -0.1) is 4.72 Å². The van der Waals surface area contributed by atoms with Crippen LogP contribution < -0.4 is 4.72 Å². The lowest BCUT2D eigenvalue weighted by atomic mass is 9.64. The monoisotopic (exact) mass is 613 g/mol. The second kappa shape index (κ2) is 12.1. The second-order valence-electron chi connectivity index (χ2n) is 13.4. The van der Waals surface area contributed by atoms with Gasteiger partial charge < -0.3 is 8.98 Å². The molecular weight excluding hydrogens is 569 g/mol. The van der Waals surface area contributed by atoms with Crippen LogP contribution in [0.4, 0.5) is 8.78 Å². The van der Waals surface area contributed by atoms with Crippen LogP contribution in [0.15, 0.2) is 59.5 Å². The summed E-state index contributed by atoms with van der Waals surface area (Å²) in [5.41, 5.74) is -2.85. The molecule has 0 heterocycles. The van der Waals surface area contributed by atoms with E-state index in [2.05, 4.69) is 38.6 Å². The average Bonchev–Trinajstić information content (AvgIpc) is 2.87. The van der Waals surface area contributed by atoms with Gasteiger partial charge in [-0.05, 0) is 94.4 Å². The number of hydrogen-bond acceptors (Lipinski definition) is 5. The van der Waals surface area contributed by atoms with Gasteiger partial charge in [0.1, 0.15) is 16.6 Å². The van der Waals surface area contributed by atoms with Gasteiger partial charge >= 0.3 is 0 Å². The van der Waals surface area contributed by atoms with Gasteiger partial charge in [0.25, 0.3) is 0 Å². The third-order valence-corrected chi connectivity index (χ3v) is 16.4. The van der Waals surface area contributed by atoms with Crippen molar-refractivity contribution in [3.8, 4) is 0 Å². The molecule has 0 amide bonds. The Hall–Kier alpha value is -1.30. The van der Waals surface area contributed by atoms with Gasteiger partial charge in [-0.25, -0.2) is 17.2 Å². The van der Waals surface area contributed by atoms with E-state index in [4.69, 9.17) is 4.43 Å². The maximum absolute atomic E-state index is 16.7. The summed E-state index contributed by atoms with van der Waals surface area (Å²) in [4.78, 5) is -0.139. The zero-order valence-electron chi connectivity index (χ0n) is 25.0. The number of sulfone groups is 1. The summed E-state index contributed by atoms with van der Waals surface area (Å²) in [7, 11) is -6.54. The van der Waals surface area contributed by atoms with Crippen molar-refractivity contribution in [2.45, 2.75) is 118 Å². The lowest BCUT2D eigenvalue weighted by Gasteiger charge is -2.48. The summed E-state index contributed by atoms with van der Waals surface area (Å²) in [6.07, 6.45) is 1.86. The van der Waals surface area contributed by atoms with Gasteiger partial charge in [-0.3, -0.25) is 0 Å². The second-order valence-corrected chi connectivity index (χ2v) is 22.2. The molecule has 3 rings (SSSR count). The van der Waals surface area contributed by atoms with E-state index in [0.717, 1.165) is 0 Å². The first-order chi connectivity index (χ1) is 18.3. The molecule has 0 aromatic heterocycles. The fourth-order valence-corrected chi connectivity index (χ4v) is 8.93. The van der Waals surface area contributed by atoms with E-state index in [1.807, 2.05) is 0 Å². The lowest BCUT2D eigenvalue weighted by Crippen LogP contribution is -2.61. The smallest absolute Gasteiger partial charge is 0.225 e. The van der Waals surface area contributed by atoms with Crippen LogP contribution in [0.5, 0.6) is 0 Å². The minimum Gasteiger partial charge on any atom is -0.598 e.